The van der Waals surface area contributed by atoms with E-state index < -0.39 is 30.8 Å². The summed E-state index contributed by atoms with van der Waals surface area (Å²) in [6.45, 7) is 5.37. The molecule has 0 heterocycles. The lowest BCUT2D eigenvalue weighted by Gasteiger charge is -2.22. The van der Waals surface area contributed by atoms with E-state index in [4.69, 9.17) is 9.47 Å². The first-order valence-corrected chi connectivity index (χ1v) is 7.84. The van der Waals surface area contributed by atoms with Crippen LogP contribution in [0.2, 0.25) is 0 Å². The molecule has 2 unspecified atom stereocenters. The summed E-state index contributed by atoms with van der Waals surface area (Å²) in [7, 11) is 0. The Balaban J connectivity index is 3.80. The summed E-state index contributed by atoms with van der Waals surface area (Å²) in [6, 6.07) is 0. The summed E-state index contributed by atoms with van der Waals surface area (Å²) in [5.74, 6) is -3.01. The molecule has 0 aliphatic rings. The van der Waals surface area contributed by atoms with Crippen LogP contribution in [-0.2, 0) is 9.47 Å². The van der Waals surface area contributed by atoms with Gasteiger partial charge in [-0.2, -0.15) is 0 Å². The van der Waals surface area contributed by atoms with Gasteiger partial charge in [-0.05, 0) is 34.0 Å². The van der Waals surface area contributed by atoms with Crippen molar-refractivity contribution in [3.63, 3.8) is 0 Å². The largest absolute Gasteiger partial charge is 0.373 e. The van der Waals surface area contributed by atoms with Crippen LogP contribution >= 0.6 is 11.8 Å². The number of alkyl halides is 3. The molecule has 0 spiro atoms. The Bertz CT molecular complexity index is 262. The molecule has 7 heteroatoms. The number of ether oxygens (including phenoxy) is 2. The average molecular weight is 317 g/mol. The highest BCUT2D eigenvalue weighted by Crippen LogP contribution is 2.15. The zero-order valence-electron chi connectivity index (χ0n) is 12.8. The molecule has 0 amide bonds. The molecule has 0 rings (SSSR count). The van der Waals surface area contributed by atoms with E-state index in [9.17, 15) is 13.2 Å². The fourth-order valence-electron chi connectivity index (χ4n) is 1.15. The van der Waals surface area contributed by atoms with Crippen molar-refractivity contribution in [2.24, 2.45) is 0 Å². The predicted octanol–water partition coefficient (Wildman–Crippen LogP) is 3.09. The summed E-state index contributed by atoms with van der Waals surface area (Å²) < 4.78 is 50.1. The van der Waals surface area contributed by atoms with Crippen LogP contribution < -0.4 is 5.32 Å². The number of thioether (sulfide) groups is 1. The molecule has 0 saturated carbocycles. The van der Waals surface area contributed by atoms with Crippen LogP contribution in [0.5, 0.6) is 0 Å². The van der Waals surface area contributed by atoms with Gasteiger partial charge in [0, 0.05) is 0 Å². The summed E-state index contributed by atoms with van der Waals surface area (Å²) >= 11 is 1.44. The molecular weight excluding hydrogens is 291 g/mol. The van der Waals surface area contributed by atoms with Crippen molar-refractivity contribution < 1.29 is 22.6 Å². The van der Waals surface area contributed by atoms with E-state index in [1.165, 1.54) is 11.8 Å². The summed E-state index contributed by atoms with van der Waals surface area (Å²) in [5, 5.41) is 2.61. The molecule has 0 aliphatic carbocycles. The minimum atomic E-state index is -3.01. The standard InChI is InChI=1S/C13H26F3NO2S/c1-10(20-5)17-8-13(15,16)9-18-6-11(14)7-19-12(2,3)4/h10-11,17H,6-9H2,1-5H3. The minimum absolute atomic E-state index is 0.0602. The van der Waals surface area contributed by atoms with Gasteiger partial charge >= 0.3 is 0 Å². The lowest BCUT2D eigenvalue weighted by Crippen LogP contribution is -2.40. The van der Waals surface area contributed by atoms with E-state index in [1.54, 1.807) is 27.7 Å². The maximum absolute atomic E-state index is 13.4. The maximum Gasteiger partial charge on any atom is 0.283 e. The topological polar surface area (TPSA) is 30.5 Å². The third kappa shape index (κ3) is 11.8. The number of hydrogen-bond donors (Lipinski definition) is 1. The van der Waals surface area contributed by atoms with Crippen LogP contribution in [0.1, 0.15) is 27.7 Å². The van der Waals surface area contributed by atoms with E-state index in [1.807, 2.05) is 6.26 Å². The molecule has 0 radical (unpaired) electrons. The van der Waals surface area contributed by atoms with Gasteiger partial charge in [0.05, 0.1) is 30.7 Å². The minimum Gasteiger partial charge on any atom is -0.373 e. The highest BCUT2D eigenvalue weighted by molar-refractivity contribution is 7.99. The van der Waals surface area contributed by atoms with E-state index in [0.29, 0.717) is 0 Å². The Kier molecular flexibility index (Phi) is 9.13. The smallest absolute Gasteiger partial charge is 0.283 e. The molecule has 122 valence electrons. The summed E-state index contributed by atoms with van der Waals surface area (Å²) in [6.07, 6.45) is 0.429. The molecule has 0 aromatic heterocycles. The average Bonchev–Trinajstić information content (AvgIpc) is 2.32. The number of rotatable bonds is 10. The molecule has 0 aromatic carbocycles. The van der Waals surface area contributed by atoms with Crippen LogP contribution in [0, 0.1) is 0 Å². The van der Waals surface area contributed by atoms with Gasteiger partial charge in [0.2, 0.25) is 0 Å². The molecule has 0 bridgehead atoms. The molecule has 0 saturated heterocycles. The first-order valence-electron chi connectivity index (χ1n) is 6.55. The third-order valence-electron chi connectivity index (χ3n) is 2.31. The molecule has 0 aromatic rings. The van der Waals surface area contributed by atoms with E-state index >= 15 is 0 Å². The van der Waals surface area contributed by atoms with Crippen LogP contribution in [-0.4, -0.2) is 55.7 Å². The third-order valence-corrected chi connectivity index (χ3v) is 3.18. The highest BCUT2D eigenvalue weighted by Gasteiger charge is 2.30. The Morgan fingerprint density at radius 1 is 1.20 bits per heavy atom. The quantitative estimate of drug-likeness (QED) is 0.627. The van der Waals surface area contributed by atoms with E-state index in [-0.39, 0.29) is 18.6 Å². The van der Waals surface area contributed by atoms with Crippen molar-refractivity contribution in [1.82, 2.24) is 5.32 Å². The molecule has 2 atom stereocenters. The number of halogens is 3. The van der Waals surface area contributed by atoms with Crippen LogP contribution in [0.25, 0.3) is 0 Å². The Labute approximate surface area is 124 Å². The van der Waals surface area contributed by atoms with Crippen LogP contribution in [0.4, 0.5) is 13.2 Å². The highest BCUT2D eigenvalue weighted by atomic mass is 32.2. The fourth-order valence-corrected chi connectivity index (χ4v) is 1.40. The van der Waals surface area contributed by atoms with Gasteiger partial charge in [-0.15, -0.1) is 11.8 Å². The molecule has 0 fully saturated rings. The molecule has 3 nitrogen and oxygen atoms in total. The molecule has 20 heavy (non-hydrogen) atoms. The molecule has 1 N–H and O–H groups in total. The Morgan fingerprint density at radius 3 is 2.30 bits per heavy atom. The fraction of sp³-hybridized carbons (Fsp3) is 1.00. The van der Waals surface area contributed by atoms with Crippen molar-refractivity contribution in [3.05, 3.63) is 0 Å². The zero-order chi connectivity index (χ0) is 15.8. The lowest BCUT2D eigenvalue weighted by molar-refractivity contribution is -0.0961. The van der Waals surface area contributed by atoms with Gasteiger partial charge in [-0.25, -0.2) is 13.2 Å². The first-order chi connectivity index (χ1) is 9.06. The van der Waals surface area contributed by atoms with Crippen molar-refractivity contribution in [2.45, 2.75) is 50.8 Å². The lowest BCUT2D eigenvalue weighted by atomic mass is 10.2. The van der Waals surface area contributed by atoms with Crippen molar-refractivity contribution in [1.29, 1.82) is 0 Å². The SMILES string of the molecule is CSC(C)NCC(F)(F)COCC(F)COC(C)(C)C. The summed E-state index contributed by atoms with van der Waals surface area (Å²) in [5.41, 5.74) is -0.452. The predicted molar refractivity (Wildman–Crippen MR) is 77.3 cm³/mol. The zero-order valence-corrected chi connectivity index (χ0v) is 13.7. The van der Waals surface area contributed by atoms with Crippen molar-refractivity contribution >= 4 is 11.8 Å². The second-order valence-corrected chi connectivity index (χ2v) is 6.83. The maximum atomic E-state index is 13.4. The number of hydrogen-bond acceptors (Lipinski definition) is 4. The van der Waals surface area contributed by atoms with E-state index in [2.05, 4.69) is 5.32 Å². The van der Waals surface area contributed by atoms with Crippen LogP contribution in [0.3, 0.4) is 0 Å². The summed E-state index contributed by atoms with van der Waals surface area (Å²) in [4.78, 5) is 0. The molecule has 0 aliphatic heterocycles. The Hall–Kier alpha value is 0.0200. The van der Waals surface area contributed by atoms with Gasteiger partial charge < -0.3 is 9.47 Å². The van der Waals surface area contributed by atoms with Crippen LogP contribution in [0.15, 0.2) is 0 Å². The normalized spacial score (nSPS) is 16.2. The van der Waals surface area contributed by atoms with E-state index in [0.717, 1.165) is 0 Å². The number of nitrogens with one attached hydrogen (secondary N) is 1. The van der Waals surface area contributed by atoms with Gasteiger partial charge in [0.15, 0.2) is 0 Å². The second-order valence-electron chi connectivity index (χ2n) is 5.65. The van der Waals surface area contributed by atoms with Gasteiger partial charge in [-0.1, -0.05) is 0 Å². The van der Waals surface area contributed by atoms with Gasteiger partial charge in [0.1, 0.15) is 12.8 Å². The van der Waals surface area contributed by atoms with Crippen molar-refractivity contribution in [2.75, 3.05) is 32.6 Å². The van der Waals surface area contributed by atoms with Crippen molar-refractivity contribution in [3.8, 4) is 0 Å². The second kappa shape index (κ2) is 9.12. The molecular formula is C13H26F3NO2S. The van der Waals surface area contributed by atoms with Gasteiger partial charge in [-0.3, -0.25) is 5.32 Å². The monoisotopic (exact) mass is 317 g/mol. The Morgan fingerprint density at radius 2 is 1.80 bits per heavy atom. The van der Waals surface area contributed by atoms with Gasteiger partial charge in [0.25, 0.3) is 5.92 Å². The first kappa shape index (κ1) is 20.0.